The first-order valence-corrected chi connectivity index (χ1v) is 13.0. The van der Waals surface area contributed by atoms with Crippen LogP contribution in [0.3, 0.4) is 0 Å². The number of benzene rings is 4. The highest BCUT2D eigenvalue weighted by atomic mass is 35.5. The summed E-state index contributed by atoms with van der Waals surface area (Å²) in [5, 5.41) is 15.1. The Morgan fingerprint density at radius 1 is 0.810 bits per heavy atom. The summed E-state index contributed by atoms with van der Waals surface area (Å²) in [5.74, 6) is -3.06. The zero-order chi connectivity index (χ0) is 30.3. The molecule has 0 spiro atoms. The zero-order valence-corrected chi connectivity index (χ0v) is 22.6. The van der Waals surface area contributed by atoms with Crippen molar-refractivity contribution in [1.82, 2.24) is 10.6 Å². The molecule has 0 aromatic heterocycles. The summed E-state index contributed by atoms with van der Waals surface area (Å²) in [4.78, 5) is 38.2. The molecule has 1 atom stereocenters. The summed E-state index contributed by atoms with van der Waals surface area (Å²) < 4.78 is 38.9. The van der Waals surface area contributed by atoms with E-state index in [2.05, 4.69) is 10.6 Å². The van der Waals surface area contributed by atoms with Crippen LogP contribution in [0.5, 0.6) is 0 Å². The van der Waals surface area contributed by atoms with Gasteiger partial charge in [0.2, 0.25) is 0 Å². The topological polar surface area (TPSA) is 95.5 Å². The summed E-state index contributed by atoms with van der Waals surface area (Å²) in [5.41, 5.74) is 1.62. The van der Waals surface area contributed by atoms with Crippen molar-refractivity contribution in [2.45, 2.75) is 18.6 Å². The van der Waals surface area contributed by atoms with Crippen LogP contribution in [0.1, 0.15) is 27.0 Å². The van der Waals surface area contributed by atoms with Crippen molar-refractivity contribution in [2.24, 2.45) is 0 Å². The Kier molecular flexibility index (Phi) is 9.44. The summed E-state index contributed by atoms with van der Waals surface area (Å²) >= 11 is 5.90. The maximum absolute atomic E-state index is 13.3. The molecular formula is C32H24ClF3N2O4. The minimum Gasteiger partial charge on any atom is -0.480 e. The van der Waals surface area contributed by atoms with Crippen LogP contribution in [-0.4, -0.2) is 28.9 Å². The Labute approximate surface area is 244 Å². The molecular weight excluding hydrogens is 569 g/mol. The SMILES string of the molecule is O=C(N[C@@H](Cc1ccc(Cl)cc1)C(=O)O)/C(=C\c1ccc(-c2ccccc2)cc1)NC(=O)c1ccc(C(F)(F)F)cc1. The highest BCUT2D eigenvalue weighted by molar-refractivity contribution is 6.30. The first kappa shape index (κ1) is 30.1. The van der Waals surface area contributed by atoms with Gasteiger partial charge in [0.15, 0.2) is 0 Å². The van der Waals surface area contributed by atoms with Gasteiger partial charge in [0.05, 0.1) is 5.56 Å². The first-order valence-electron chi connectivity index (χ1n) is 12.6. The predicted octanol–water partition coefficient (Wildman–Crippen LogP) is 6.61. The molecule has 0 aliphatic carbocycles. The molecule has 0 saturated carbocycles. The van der Waals surface area contributed by atoms with E-state index < -0.39 is 35.6 Å². The van der Waals surface area contributed by atoms with E-state index in [0.29, 0.717) is 16.1 Å². The molecule has 0 unspecified atom stereocenters. The molecule has 214 valence electrons. The Bertz CT molecular complexity index is 1590. The Morgan fingerprint density at radius 2 is 1.40 bits per heavy atom. The number of nitrogens with one attached hydrogen (secondary N) is 2. The van der Waals surface area contributed by atoms with Gasteiger partial charge in [-0.2, -0.15) is 13.2 Å². The maximum atomic E-state index is 13.3. The summed E-state index contributed by atoms with van der Waals surface area (Å²) in [7, 11) is 0. The standard InChI is InChI=1S/C32H24ClF3N2O4/c33-26-16-8-21(9-17-26)19-28(31(41)42)38-30(40)27(37-29(39)24-12-14-25(15-13-24)32(34,35)36)18-20-6-10-23(11-7-20)22-4-2-1-3-5-22/h1-18,28H,19H2,(H,37,39)(H,38,40)(H,41,42)/b27-18+/t28-/m0/s1. The molecule has 0 heterocycles. The molecule has 0 fully saturated rings. The third-order valence-electron chi connectivity index (χ3n) is 6.25. The van der Waals surface area contributed by atoms with Crippen molar-refractivity contribution in [1.29, 1.82) is 0 Å². The number of carboxylic acids is 1. The van der Waals surface area contributed by atoms with Crippen LogP contribution in [0.25, 0.3) is 17.2 Å². The maximum Gasteiger partial charge on any atom is 0.416 e. The second kappa shape index (κ2) is 13.2. The second-order valence-electron chi connectivity index (χ2n) is 9.27. The number of alkyl halides is 3. The van der Waals surface area contributed by atoms with Crippen molar-refractivity contribution < 1.29 is 32.7 Å². The fourth-order valence-electron chi connectivity index (χ4n) is 4.02. The van der Waals surface area contributed by atoms with Crippen molar-refractivity contribution in [3.05, 3.63) is 136 Å². The van der Waals surface area contributed by atoms with Crippen molar-refractivity contribution in [3.8, 4) is 11.1 Å². The molecule has 0 aliphatic rings. The van der Waals surface area contributed by atoms with Gasteiger partial charge in [-0.25, -0.2) is 4.79 Å². The predicted molar refractivity (Wildman–Crippen MR) is 153 cm³/mol. The number of rotatable bonds is 9. The van der Waals surface area contributed by atoms with Crippen molar-refractivity contribution >= 4 is 35.5 Å². The minimum atomic E-state index is -4.58. The lowest BCUT2D eigenvalue weighted by atomic mass is 10.0. The fraction of sp³-hybridized carbons (Fsp3) is 0.0938. The van der Waals surface area contributed by atoms with E-state index in [0.717, 1.165) is 35.4 Å². The van der Waals surface area contributed by atoms with Crippen molar-refractivity contribution in [2.75, 3.05) is 0 Å². The van der Waals surface area contributed by atoms with Gasteiger partial charge in [0.1, 0.15) is 11.7 Å². The van der Waals surface area contributed by atoms with E-state index in [9.17, 15) is 32.7 Å². The van der Waals surface area contributed by atoms with Gasteiger partial charge in [0, 0.05) is 17.0 Å². The second-order valence-corrected chi connectivity index (χ2v) is 9.71. The molecule has 4 rings (SSSR count). The summed E-state index contributed by atoms with van der Waals surface area (Å²) in [6, 6.07) is 25.2. The quantitative estimate of drug-likeness (QED) is 0.191. The molecule has 0 saturated heterocycles. The number of aliphatic carboxylic acids is 1. The Balaban J connectivity index is 1.61. The number of carbonyl (C=O) groups excluding carboxylic acids is 2. The molecule has 4 aromatic rings. The smallest absolute Gasteiger partial charge is 0.416 e. The number of carboxylic acid groups (broad SMARTS) is 1. The number of carbonyl (C=O) groups is 3. The van der Waals surface area contributed by atoms with Crippen molar-refractivity contribution in [3.63, 3.8) is 0 Å². The molecule has 6 nitrogen and oxygen atoms in total. The third-order valence-corrected chi connectivity index (χ3v) is 6.50. The van der Waals surface area contributed by atoms with Gasteiger partial charge >= 0.3 is 12.1 Å². The summed E-state index contributed by atoms with van der Waals surface area (Å²) in [6.45, 7) is 0. The number of amides is 2. The Hall–Kier alpha value is -4.89. The van der Waals surface area contributed by atoms with E-state index in [1.807, 2.05) is 42.5 Å². The largest absolute Gasteiger partial charge is 0.480 e. The van der Waals surface area contributed by atoms with Crippen LogP contribution < -0.4 is 10.6 Å². The van der Waals surface area contributed by atoms with Crippen LogP contribution in [0.2, 0.25) is 5.02 Å². The van der Waals surface area contributed by atoms with Crippen LogP contribution in [-0.2, 0) is 22.2 Å². The van der Waals surface area contributed by atoms with Crippen LogP contribution in [0.15, 0.2) is 109 Å². The van der Waals surface area contributed by atoms with E-state index >= 15 is 0 Å². The molecule has 3 N–H and O–H groups in total. The van der Waals surface area contributed by atoms with Crippen LogP contribution >= 0.6 is 11.6 Å². The van der Waals surface area contributed by atoms with Gasteiger partial charge in [-0.1, -0.05) is 78.3 Å². The summed E-state index contributed by atoms with van der Waals surface area (Å²) in [6.07, 6.45) is -3.29. The average Bonchev–Trinajstić information content (AvgIpc) is 2.98. The lowest BCUT2D eigenvalue weighted by Gasteiger charge is -2.17. The Morgan fingerprint density at radius 3 is 1.98 bits per heavy atom. The molecule has 0 bridgehead atoms. The van der Waals surface area contributed by atoms with Gasteiger partial charge in [-0.15, -0.1) is 0 Å². The highest BCUT2D eigenvalue weighted by Gasteiger charge is 2.30. The third kappa shape index (κ3) is 8.08. The molecule has 2 amide bonds. The zero-order valence-electron chi connectivity index (χ0n) is 21.9. The molecule has 4 aromatic carbocycles. The lowest BCUT2D eigenvalue weighted by molar-refractivity contribution is -0.141. The average molecular weight is 593 g/mol. The van der Waals surface area contributed by atoms with Crippen LogP contribution in [0, 0.1) is 0 Å². The first-order chi connectivity index (χ1) is 20.0. The van der Waals surface area contributed by atoms with Crippen LogP contribution in [0.4, 0.5) is 13.2 Å². The van der Waals surface area contributed by atoms with E-state index in [-0.39, 0.29) is 17.7 Å². The van der Waals surface area contributed by atoms with Gasteiger partial charge in [-0.3, -0.25) is 9.59 Å². The monoisotopic (exact) mass is 592 g/mol. The van der Waals surface area contributed by atoms with E-state index in [1.165, 1.54) is 6.08 Å². The minimum absolute atomic E-state index is 0.0653. The number of halogens is 4. The van der Waals surface area contributed by atoms with E-state index in [1.54, 1.807) is 36.4 Å². The normalized spacial score (nSPS) is 12.3. The highest BCUT2D eigenvalue weighted by Crippen LogP contribution is 2.29. The molecule has 10 heteroatoms. The lowest BCUT2D eigenvalue weighted by Crippen LogP contribution is -2.45. The van der Waals surface area contributed by atoms with E-state index in [4.69, 9.17) is 11.6 Å². The number of hydrogen-bond acceptors (Lipinski definition) is 3. The van der Waals surface area contributed by atoms with Gasteiger partial charge in [0.25, 0.3) is 11.8 Å². The van der Waals surface area contributed by atoms with Gasteiger partial charge < -0.3 is 15.7 Å². The fourth-order valence-corrected chi connectivity index (χ4v) is 4.15. The molecule has 42 heavy (non-hydrogen) atoms. The van der Waals surface area contributed by atoms with Gasteiger partial charge in [-0.05, 0) is 64.7 Å². The molecule has 0 aliphatic heterocycles. The number of hydrogen-bond donors (Lipinski definition) is 3. The molecule has 0 radical (unpaired) electrons.